The zero-order valence-electron chi connectivity index (χ0n) is 20.3. The van der Waals surface area contributed by atoms with E-state index in [-0.39, 0.29) is 17.7 Å². The van der Waals surface area contributed by atoms with Crippen molar-refractivity contribution in [3.63, 3.8) is 0 Å². The predicted octanol–water partition coefficient (Wildman–Crippen LogP) is 5.85. The fraction of sp³-hybridized carbons (Fsp3) is 0.593. The molecule has 1 amide bonds. The maximum absolute atomic E-state index is 13.2. The van der Waals surface area contributed by atoms with Gasteiger partial charge in [-0.05, 0) is 62.5 Å². The molecule has 0 spiro atoms. The Kier molecular flexibility index (Phi) is 8.89. The number of rotatable bonds is 9. The van der Waals surface area contributed by atoms with E-state index in [0.29, 0.717) is 31.0 Å². The van der Waals surface area contributed by atoms with E-state index in [1.54, 1.807) is 12.1 Å². The normalized spacial score (nSPS) is 18.2. The number of nitrogens with zero attached hydrogens (tertiary/aromatic N) is 2. The smallest absolute Gasteiger partial charge is 0.416 e. The zero-order chi connectivity index (χ0) is 24.7. The van der Waals surface area contributed by atoms with Gasteiger partial charge in [0.2, 0.25) is 0 Å². The number of hydrogen-bond acceptors (Lipinski definition) is 4. The molecule has 4 rings (SSSR count). The number of benzene rings is 1. The van der Waals surface area contributed by atoms with E-state index >= 15 is 0 Å². The third-order valence-corrected chi connectivity index (χ3v) is 7.14. The molecule has 1 saturated heterocycles. The monoisotopic (exact) mass is 491 g/mol. The summed E-state index contributed by atoms with van der Waals surface area (Å²) < 4.78 is 45.5. The van der Waals surface area contributed by atoms with Crippen molar-refractivity contribution in [2.45, 2.75) is 76.7 Å². The first-order valence-electron chi connectivity index (χ1n) is 12.9. The Labute approximate surface area is 205 Å². The number of carbonyl (C=O) groups is 1. The summed E-state index contributed by atoms with van der Waals surface area (Å²) in [6.45, 7) is 4.46. The van der Waals surface area contributed by atoms with Crippen molar-refractivity contribution >= 4 is 5.91 Å². The predicted molar refractivity (Wildman–Crippen MR) is 129 cm³/mol. The van der Waals surface area contributed by atoms with Crippen LogP contribution < -0.4 is 5.32 Å². The Morgan fingerprint density at radius 1 is 1.00 bits per heavy atom. The maximum Gasteiger partial charge on any atom is 0.416 e. The molecule has 0 atom stereocenters. The highest BCUT2D eigenvalue weighted by Gasteiger charge is 2.31. The van der Waals surface area contributed by atoms with Gasteiger partial charge in [0.1, 0.15) is 5.76 Å². The lowest BCUT2D eigenvalue weighted by atomic mass is 9.93. The molecule has 1 aromatic heterocycles. The first kappa shape index (κ1) is 25.8. The van der Waals surface area contributed by atoms with E-state index in [0.717, 1.165) is 51.4 Å². The molecule has 0 radical (unpaired) electrons. The third kappa shape index (κ3) is 7.58. The first-order valence-corrected chi connectivity index (χ1v) is 12.9. The zero-order valence-corrected chi connectivity index (χ0v) is 20.3. The maximum atomic E-state index is 13.2. The van der Waals surface area contributed by atoms with Crippen LogP contribution in [-0.4, -0.2) is 47.9 Å². The van der Waals surface area contributed by atoms with Gasteiger partial charge in [-0.2, -0.15) is 13.2 Å². The molecule has 1 aliphatic carbocycles. The van der Waals surface area contributed by atoms with Gasteiger partial charge >= 0.3 is 6.18 Å². The van der Waals surface area contributed by atoms with Crippen LogP contribution in [0.5, 0.6) is 0 Å². The van der Waals surface area contributed by atoms with Crippen molar-refractivity contribution in [3.8, 4) is 0 Å². The second-order valence-corrected chi connectivity index (χ2v) is 9.82. The lowest BCUT2D eigenvalue weighted by Gasteiger charge is -2.34. The van der Waals surface area contributed by atoms with Crippen molar-refractivity contribution in [2.75, 3.05) is 26.2 Å². The van der Waals surface area contributed by atoms with Crippen molar-refractivity contribution in [1.29, 1.82) is 0 Å². The third-order valence-electron chi connectivity index (χ3n) is 7.14. The number of piperidine rings is 1. The number of likely N-dealkylation sites (tertiary alicyclic amines) is 1. The molecule has 2 aliphatic rings. The largest absolute Gasteiger partial charge is 0.455 e. The summed E-state index contributed by atoms with van der Waals surface area (Å²) in [7, 11) is 0. The first-order chi connectivity index (χ1) is 16.9. The number of halogens is 3. The fourth-order valence-electron chi connectivity index (χ4n) is 5.22. The fourth-order valence-corrected chi connectivity index (χ4v) is 5.22. The average molecular weight is 492 g/mol. The minimum Gasteiger partial charge on any atom is -0.455 e. The van der Waals surface area contributed by atoms with Crippen molar-refractivity contribution in [2.24, 2.45) is 0 Å². The van der Waals surface area contributed by atoms with Gasteiger partial charge in [-0.3, -0.25) is 9.69 Å². The Morgan fingerprint density at radius 3 is 2.49 bits per heavy atom. The second kappa shape index (κ2) is 12.1. The Morgan fingerprint density at radius 2 is 1.74 bits per heavy atom. The summed E-state index contributed by atoms with van der Waals surface area (Å²) in [4.78, 5) is 17.1. The molecule has 1 N–H and O–H groups in total. The van der Waals surface area contributed by atoms with Crippen molar-refractivity contribution in [1.82, 2.24) is 15.1 Å². The van der Waals surface area contributed by atoms with Gasteiger partial charge in [0.15, 0.2) is 5.76 Å². The minimum absolute atomic E-state index is 0.227. The van der Waals surface area contributed by atoms with Crippen LogP contribution in [0.3, 0.4) is 0 Å². The SMILES string of the molecule is O=C(NCCN1CCCCC1)c1ccc(CN(Cc2cccc(C(F)(F)F)c2)C2CCCCC2)o1. The summed E-state index contributed by atoms with van der Waals surface area (Å²) in [5.41, 5.74) is 0.00716. The summed E-state index contributed by atoms with van der Waals surface area (Å²) in [5.74, 6) is 0.709. The highest BCUT2D eigenvalue weighted by molar-refractivity contribution is 5.91. The molecule has 35 heavy (non-hydrogen) atoms. The quantitative estimate of drug-likeness (QED) is 0.478. The highest BCUT2D eigenvalue weighted by Crippen LogP contribution is 2.31. The number of nitrogens with one attached hydrogen (secondary N) is 1. The van der Waals surface area contributed by atoms with E-state index in [2.05, 4.69) is 15.1 Å². The van der Waals surface area contributed by atoms with Gasteiger partial charge in [-0.15, -0.1) is 0 Å². The van der Waals surface area contributed by atoms with Crippen LogP contribution in [-0.2, 0) is 19.3 Å². The molecule has 2 heterocycles. The van der Waals surface area contributed by atoms with Gasteiger partial charge in [-0.25, -0.2) is 0 Å². The lowest BCUT2D eigenvalue weighted by molar-refractivity contribution is -0.137. The van der Waals surface area contributed by atoms with Crippen LogP contribution in [0.25, 0.3) is 0 Å². The number of amides is 1. The molecule has 5 nitrogen and oxygen atoms in total. The Balaban J connectivity index is 1.38. The molecule has 192 valence electrons. The molecule has 0 unspecified atom stereocenters. The molecule has 1 aliphatic heterocycles. The topological polar surface area (TPSA) is 48.7 Å². The number of furan rings is 1. The second-order valence-electron chi connectivity index (χ2n) is 9.82. The van der Waals surface area contributed by atoms with Crippen LogP contribution in [0, 0.1) is 0 Å². The molecule has 2 aromatic rings. The van der Waals surface area contributed by atoms with Crippen LogP contribution in [0.15, 0.2) is 40.8 Å². The van der Waals surface area contributed by atoms with E-state index in [4.69, 9.17) is 4.42 Å². The number of carbonyl (C=O) groups excluding carboxylic acids is 1. The summed E-state index contributed by atoms with van der Waals surface area (Å²) in [6, 6.07) is 9.34. The Bertz CT molecular complexity index is 947. The molecule has 1 saturated carbocycles. The van der Waals surface area contributed by atoms with Gasteiger partial charge in [0, 0.05) is 25.7 Å². The summed E-state index contributed by atoms with van der Waals surface area (Å²) >= 11 is 0. The van der Waals surface area contributed by atoms with E-state index in [1.807, 2.05) is 6.07 Å². The molecule has 8 heteroatoms. The lowest BCUT2D eigenvalue weighted by Crippen LogP contribution is -2.37. The Hall–Kier alpha value is -2.32. The van der Waals surface area contributed by atoms with Crippen LogP contribution in [0.1, 0.15) is 78.8 Å². The molecular formula is C27H36F3N3O2. The van der Waals surface area contributed by atoms with Crippen LogP contribution in [0.2, 0.25) is 0 Å². The molecule has 0 bridgehead atoms. The standard InChI is InChI=1S/C27H36F3N3O2/c28-27(29,30)22-9-7-8-21(18-22)19-33(23-10-3-1-4-11-23)20-24-12-13-25(35-24)26(34)31-14-17-32-15-5-2-6-16-32/h7-9,12-13,18,23H,1-6,10-11,14-17,19-20H2,(H,31,34). The molecule has 1 aromatic carbocycles. The van der Waals surface area contributed by atoms with Crippen molar-refractivity contribution < 1.29 is 22.4 Å². The number of alkyl halides is 3. The molecule has 2 fully saturated rings. The summed E-state index contributed by atoms with van der Waals surface area (Å²) in [5, 5.41) is 2.94. The van der Waals surface area contributed by atoms with E-state index in [9.17, 15) is 18.0 Å². The van der Waals surface area contributed by atoms with E-state index in [1.165, 1.54) is 37.8 Å². The van der Waals surface area contributed by atoms with Gasteiger partial charge in [0.25, 0.3) is 5.91 Å². The van der Waals surface area contributed by atoms with Gasteiger partial charge < -0.3 is 14.6 Å². The van der Waals surface area contributed by atoms with Crippen molar-refractivity contribution in [3.05, 3.63) is 59.0 Å². The van der Waals surface area contributed by atoms with Gasteiger partial charge in [0.05, 0.1) is 12.1 Å². The molecular weight excluding hydrogens is 455 g/mol. The van der Waals surface area contributed by atoms with E-state index < -0.39 is 11.7 Å². The number of hydrogen-bond donors (Lipinski definition) is 1. The highest BCUT2D eigenvalue weighted by atomic mass is 19.4. The minimum atomic E-state index is -4.36. The van der Waals surface area contributed by atoms with Crippen LogP contribution >= 0.6 is 0 Å². The van der Waals surface area contributed by atoms with Gasteiger partial charge in [-0.1, -0.05) is 43.9 Å². The average Bonchev–Trinajstić information content (AvgIpc) is 3.33. The summed E-state index contributed by atoms with van der Waals surface area (Å²) in [6.07, 6.45) is 4.82. The van der Waals surface area contributed by atoms with Crippen LogP contribution in [0.4, 0.5) is 13.2 Å².